The lowest BCUT2D eigenvalue weighted by molar-refractivity contribution is -0.140. The summed E-state index contributed by atoms with van der Waals surface area (Å²) in [7, 11) is 0. The minimum Gasteiger partial charge on any atom is -0.350 e. The Morgan fingerprint density at radius 3 is 2.48 bits per heavy atom. The molecule has 0 bridgehead atoms. The molecule has 3 rings (SSSR count). The van der Waals surface area contributed by atoms with E-state index in [1.54, 1.807) is 6.07 Å². The van der Waals surface area contributed by atoms with Gasteiger partial charge in [0, 0.05) is 18.0 Å². The first-order chi connectivity index (χ1) is 12.0. The molecule has 3 atom stereocenters. The lowest BCUT2D eigenvalue weighted by Gasteiger charge is -2.19. The van der Waals surface area contributed by atoms with Crippen LogP contribution in [0.4, 0.5) is 0 Å². The van der Waals surface area contributed by atoms with Crippen LogP contribution in [0.1, 0.15) is 50.6 Å². The lowest BCUT2D eigenvalue weighted by atomic mass is 9.81. The molecule has 1 saturated carbocycles. The highest BCUT2D eigenvalue weighted by Crippen LogP contribution is 2.37. The lowest BCUT2D eigenvalue weighted by Crippen LogP contribution is -2.36. The van der Waals surface area contributed by atoms with Gasteiger partial charge in [-0.1, -0.05) is 36.6 Å². The van der Waals surface area contributed by atoms with Crippen molar-refractivity contribution in [2.24, 2.45) is 11.8 Å². The highest BCUT2D eigenvalue weighted by molar-refractivity contribution is 6.30. The summed E-state index contributed by atoms with van der Waals surface area (Å²) in [5, 5.41) is 3.51. The van der Waals surface area contributed by atoms with Crippen LogP contribution in [0.3, 0.4) is 0 Å². The number of carbonyl (C=O) groups excluding carboxylic acids is 3. The monoisotopic (exact) mass is 362 g/mol. The first-order valence-corrected chi connectivity index (χ1v) is 9.25. The Morgan fingerprint density at radius 2 is 1.88 bits per heavy atom. The van der Waals surface area contributed by atoms with Crippen LogP contribution in [0.5, 0.6) is 0 Å². The van der Waals surface area contributed by atoms with Gasteiger partial charge in [0.1, 0.15) is 0 Å². The smallest absolute Gasteiger partial charge is 0.233 e. The molecule has 6 heteroatoms. The molecule has 1 aromatic carbocycles. The quantitative estimate of drug-likeness (QED) is 0.818. The van der Waals surface area contributed by atoms with Crippen molar-refractivity contribution in [3.63, 3.8) is 0 Å². The summed E-state index contributed by atoms with van der Waals surface area (Å²) in [5.41, 5.74) is 0.917. The van der Waals surface area contributed by atoms with Crippen LogP contribution in [0.15, 0.2) is 24.3 Å². The Kier molecular flexibility index (Phi) is 5.42. The average Bonchev–Trinajstić information content (AvgIpc) is 2.84. The van der Waals surface area contributed by atoms with Crippen molar-refractivity contribution in [3.8, 4) is 0 Å². The second-order valence-electron chi connectivity index (χ2n) is 6.92. The third-order valence-electron chi connectivity index (χ3n) is 5.22. The van der Waals surface area contributed by atoms with Gasteiger partial charge in [-0.15, -0.1) is 0 Å². The van der Waals surface area contributed by atoms with Gasteiger partial charge in [0.2, 0.25) is 17.7 Å². The van der Waals surface area contributed by atoms with Crippen molar-refractivity contribution in [1.29, 1.82) is 0 Å². The number of benzene rings is 1. The summed E-state index contributed by atoms with van der Waals surface area (Å²) in [6, 6.07) is 7.14. The van der Waals surface area contributed by atoms with Crippen LogP contribution >= 0.6 is 11.6 Å². The summed E-state index contributed by atoms with van der Waals surface area (Å²) in [6.45, 7) is 2.04. The normalized spacial score (nSPS) is 24.2. The molecule has 1 N–H and O–H groups in total. The van der Waals surface area contributed by atoms with Gasteiger partial charge in [-0.05, 0) is 37.5 Å². The highest BCUT2D eigenvalue weighted by Gasteiger charge is 2.47. The van der Waals surface area contributed by atoms with Gasteiger partial charge in [-0.3, -0.25) is 19.3 Å². The Bertz CT molecular complexity index is 667. The van der Waals surface area contributed by atoms with E-state index in [1.807, 2.05) is 25.1 Å². The van der Waals surface area contributed by atoms with E-state index in [-0.39, 0.29) is 48.6 Å². The molecule has 1 heterocycles. The first kappa shape index (κ1) is 17.9. The molecule has 0 radical (unpaired) electrons. The molecule has 0 aromatic heterocycles. The van der Waals surface area contributed by atoms with Gasteiger partial charge in [-0.25, -0.2) is 0 Å². The number of nitrogens with one attached hydrogen (secondary N) is 1. The SMILES string of the molecule is CC(NC(=O)CCN1C(=O)C2CCCCC2C1=O)c1cccc(Cl)c1. The van der Waals surface area contributed by atoms with Crippen molar-refractivity contribution in [1.82, 2.24) is 10.2 Å². The molecule has 134 valence electrons. The Hall–Kier alpha value is -1.88. The number of halogens is 1. The molecule has 1 aromatic rings. The predicted molar refractivity (Wildman–Crippen MR) is 94.8 cm³/mol. The minimum absolute atomic E-state index is 0.0922. The van der Waals surface area contributed by atoms with E-state index in [4.69, 9.17) is 11.6 Å². The van der Waals surface area contributed by atoms with Gasteiger partial charge >= 0.3 is 0 Å². The summed E-state index contributed by atoms with van der Waals surface area (Å²) in [6.07, 6.45) is 3.73. The standard InChI is InChI=1S/C19H23ClN2O3/c1-12(13-5-4-6-14(20)11-13)21-17(23)9-10-22-18(24)15-7-2-3-8-16(15)19(22)25/h4-6,11-12,15-16H,2-3,7-10H2,1H3,(H,21,23). The molecular weight excluding hydrogens is 340 g/mol. The van der Waals surface area contributed by atoms with Gasteiger partial charge in [0.05, 0.1) is 17.9 Å². The molecule has 2 fully saturated rings. The molecule has 1 saturated heterocycles. The van der Waals surface area contributed by atoms with Crippen molar-refractivity contribution in [2.75, 3.05) is 6.54 Å². The van der Waals surface area contributed by atoms with Crippen LogP contribution < -0.4 is 5.32 Å². The number of rotatable bonds is 5. The van der Waals surface area contributed by atoms with Crippen LogP contribution in [0, 0.1) is 11.8 Å². The molecule has 25 heavy (non-hydrogen) atoms. The molecular formula is C19H23ClN2O3. The van der Waals surface area contributed by atoms with Gasteiger partial charge < -0.3 is 5.32 Å². The average molecular weight is 363 g/mol. The van der Waals surface area contributed by atoms with E-state index in [0.29, 0.717) is 5.02 Å². The van der Waals surface area contributed by atoms with E-state index in [9.17, 15) is 14.4 Å². The molecule has 1 aliphatic carbocycles. The van der Waals surface area contributed by atoms with Crippen LogP contribution in [-0.4, -0.2) is 29.2 Å². The van der Waals surface area contributed by atoms with Crippen molar-refractivity contribution in [2.45, 2.75) is 45.1 Å². The zero-order valence-electron chi connectivity index (χ0n) is 14.3. The van der Waals surface area contributed by atoms with E-state index < -0.39 is 0 Å². The van der Waals surface area contributed by atoms with Crippen LogP contribution in [-0.2, 0) is 14.4 Å². The van der Waals surface area contributed by atoms with Crippen molar-refractivity contribution >= 4 is 29.3 Å². The topological polar surface area (TPSA) is 66.5 Å². The minimum atomic E-state index is -0.182. The second kappa shape index (κ2) is 7.56. The van der Waals surface area contributed by atoms with Crippen molar-refractivity contribution < 1.29 is 14.4 Å². The van der Waals surface area contributed by atoms with Crippen LogP contribution in [0.25, 0.3) is 0 Å². The predicted octanol–water partition coefficient (Wildman–Crippen LogP) is 3.08. The Morgan fingerprint density at radius 1 is 1.24 bits per heavy atom. The Balaban J connectivity index is 1.53. The number of hydrogen-bond donors (Lipinski definition) is 1. The number of likely N-dealkylation sites (tertiary alicyclic amines) is 1. The molecule has 3 unspecified atom stereocenters. The summed E-state index contributed by atoms with van der Waals surface area (Å²) in [4.78, 5) is 38.3. The van der Waals surface area contributed by atoms with Gasteiger partial charge in [-0.2, -0.15) is 0 Å². The third kappa shape index (κ3) is 3.87. The molecule has 0 spiro atoms. The number of amides is 3. The number of carbonyl (C=O) groups is 3. The summed E-state index contributed by atoms with van der Waals surface area (Å²) in [5.74, 6) is -0.678. The van der Waals surface area contributed by atoms with Gasteiger partial charge in [0.15, 0.2) is 0 Å². The fraction of sp³-hybridized carbons (Fsp3) is 0.526. The fourth-order valence-electron chi connectivity index (χ4n) is 3.84. The fourth-order valence-corrected chi connectivity index (χ4v) is 4.04. The van der Waals surface area contributed by atoms with Crippen LogP contribution in [0.2, 0.25) is 5.02 Å². The number of nitrogens with zero attached hydrogens (tertiary/aromatic N) is 1. The number of fused-ring (bicyclic) bond motifs is 1. The number of hydrogen-bond acceptors (Lipinski definition) is 3. The van der Waals surface area contributed by atoms with E-state index in [0.717, 1.165) is 31.2 Å². The third-order valence-corrected chi connectivity index (χ3v) is 5.46. The van der Waals surface area contributed by atoms with E-state index >= 15 is 0 Å². The maximum atomic E-state index is 12.4. The first-order valence-electron chi connectivity index (χ1n) is 8.87. The van der Waals surface area contributed by atoms with E-state index in [2.05, 4.69) is 5.32 Å². The second-order valence-corrected chi connectivity index (χ2v) is 7.36. The number of imide groups is 1. The highest BCUT2D eigenvalue weighted by atomic mass is 35.5. The summed E-state index contributed by atoms with van der Waals surface area (Å²) >= 11 is 5.97. The maximum Gasteiger partial charge on any atom is 0.233 e. The molecule has 3 amide bonds. The zero-order chi connectivity index (χ0) is 18.0. The zero-order valence-corrected chi connectivity index (χ0v) is 15.1. The molecule has 1 aliphatic heterocycles. The maximum absolute atomic E-state index is 12.4. The molecule has 5 nitrogen and oxygen atoms in total. The molecule has 2 aliphatic rings. The van der Waals surface area contributed by atoms with Gasteiger partial charge in [0.25, 0.3) is 0 Å². The summed E-state index contributed by atoms with van der Waals surface area (Å²) < 4.78 is 0. The Labute approximate surface area is 152 Å². The van der Waals surface area contributed by atoms with Crippen molar-refractivity contribution in [3.05, 3.63) is 34.9 Å². The largest absolute Gasteiger partial charge is 0.350 e. The van der Waals surface area contributed by atoms with E-state index in [1.165, 1.54) is 4.90 Å².